The summed E-state index contributed by atoms with van der Waals surface area (Å²) in [7, 11) is 0. The van der Waals surface area contributed by atoms with E-state index < -0.39 is 23.6 Å². The van der Waals surface area contributed by atoms with Gasteiger partial charge in [0.15, 0.2) is 10.8 Å². The van der Waals surface area contributed by atoms with E-state index >= 15 is 0 Å². The predicted octanol–water partition coefficient (Wildman–Crippen LogP) is 4.41. The molecular formula is C15H9F4N3OS. The van der Waals surface area contributed by atoms with Crippen molar-refractivity contribution in [3.05, 3.63) is 52.4 Å². The molecule has 0 aliphatic heterocycles. The highest BCUT2D eigenvalue weighted by atomic mass is 32.1. The molecule has 9 heteroatoms. The molecule has 3 aromatic rings. The number of nitrogens with one attached hydrogen (secondary N) is 1. The lowest BCUT2D eigenvalue weighted by atomic mass is 10.1. The highest BCUT2D eigenvalue weighted by molar-refractivity contribution is 7.14. The summed E-state index contributed by atoms with van der Waals surface area (Å²) in [6, 6.07) is 5.24. The number of pyridine rings is 1. The number of aromatic nitrogens is 2. The summed E-state index contributed by atoms with van der Waals surface area (Å²) >= 11 is 0.673. The van der Waals surface area contributed by atoms with Gasteiger partial charge in [-0.25, -0.2) is 9.37 Å². The smallest absolute Gasteiger partial charge is 0.298 e. The van der Waals surface area contributed by atoms with Crippen LogP contribution in [-0.4, -0.2) is 15.9 Å². The van der Waals surface area contributed by atoms with Crippen LogP contribution in [0.15, 0.2) is 29.6 Å². The molecule has 0 radical (unpaired) electrons. The van der Waals surface area contributed by atoms with Crippen LogP contribution in [0.5, 0.6) is 0 Å². The molecule has 2 aromatic heterocycles. The average Bonchev–Trinajstić information content (AvgIpc) is 2.94. The van der Waals surface area contributed by atoms with Crippen LogP contribution in [0, 0.1) is 12.7 Å². The number of hydrogen-bond acceptors (Lipinski definition) is 4. The van der Waals surface area contributed by atoms with Crippen molar-refractivity contribution >= 4 is 33.3 Å². The molecule has 24 heavy (non-hydrogen) atoms. The second-order valence-corrected chi connectivity index (χ2v) is 5.82. The largest absolute Gasteiger partial charge is 0.434 e. The van der Waals surface area contributed by atoms with Crippen LogP contribution >= 0.6 is 11.3 Å². The van der Waals surface area contributed by atoms with E-state index in [1.807, 2.05) is 0 Å². The van der Waals surface area contributed by atoms with E-state index in [0.29, 0.717) is 22.4 Å². The predicted molar refractivity (Wildman–Crippen MR) is 81.5 cm³/mol. The van der Waals surface area contributed by atoms with Gasteiger partial charge in [-0.3, -0.25) is 15.1 Å². The van der Waals surface area contributed by atoms with Gasteiger partial charge >= 0.3 is 6.18 Å². The first-order valence-corrected chi connectivity index (χ1v) is 7.53. The molecule has 2 heterocycles. The molecule has 1 amide bonds. The molecule has 3 rings (SSSR count). The minimum absolute atomic E-state index is 0.169. The highest BCUT2D eigenvalue weighted by Gasteiger charge is 2.34. The van der Waals surface area contributed by atoms with Gasteiger partial charge in [0.25, 0.3) is 5.91 Å². The zero-order valence-corrected chi connectivity index (χ0v) is 12.9. The summed E-state index contributed by atoms with van der Waals surface area (Å²) < 4.78 is 51.0. The van der Waals surface area contributed by atoms with Gasteiger partial charge < -0.3 is 0 Å². The van der Waals surface area contributed by atoms with Crippen LogP contribution in [-0.2, 0) is 6.18 Å². The maximum atomic E-state index is 13.3. The zero-order chi connectivity index (χ0) is 17.5. The fraction of sp³-hybridized carbons (Fsp3) is 0.133. The van der Waals surface area contributed by atoms with Crippen LogP contribution in [0.25, 0.3) is 10.9 Å². The van der Waals surface area contributed by atoms with Gasteiger partial charge in [-0.15, -0.1) is 11.3 Å². The Labute approximate surface area is 137 Å². The van der Waals surface area contributed by atoms with Crippen LogP contribution in [0.4, 0.5) is 22.7 Å². The number of fused-ring (bicyclic) bond motifs is 1. The van der Waals surface area contributed by atoms with E-state index in [9.17, 15) is 22.4 Å². The average molecular weight is 355 g/mol. The molecule has 0 fully saturated rings. The van der Waals surface area contributed by atoms with Crippen molar-refractivity contribution in [1.82, 2.24) is 9.97 Å². The molecule has 124 valence electrons. The molecule has 0 saturated carbocycles. The molecule has 0 spiro atoms. The first kappa shape index (κ1) is 16.3. The van der Waals surface area contributed by atoms with E-state index in [-0.39, 0.29) is 16.2 Å². The maximum absolute atomic E-state index is 13.3. The van der Waals surface area contributed by atoms with Crippen molar-refractivity contribution in [2.24, 2.45) is 0 Å². The molecule has 1 aromatic carbocycles. The number of amides is 1. The van der Waals surface area contributed by atoms with Gasteiger partial charge in [0, 0.05) is 22.5 Å². The number of nitrogens with zero attached hydrogens (tertiary/aromatic N) is 2. The number of aryl methyl sites for hydroxylation is 1. The first-order chi connectivity index (χ1) is 11.2. The number of rotatable bonds is 2. The Kier molecular flexibility index (Phi) is 3.96. The Morgan fingerprint density at radius 1 is 1.21 bits per heavy atom. The van der Waals surface area contributed by atoms with Gasteiger partial charge in [-0.05, 0) is 25.1 Å². The van der Waals surface area contributed by atoms with E-state index in [1.54, 1.807) is 6.92 Å². The Bertz CT molecular complexity index is 931. The Morgan fingerprint density at radius 2 is 1.96 bits per heavy atom. The molecule has 4 nitrogen and oxygen atoms in total. The first-order valence-electron chi connectivity index (χ1n) is 6.65. The Morgan fingerprint density at radius 3 is 2.62 bits per heavy atom. The maximum Gasteiger partial charge on any atom is 0.434 e. The standard InChI is InChI=1S/C15H9F4N3OS/c1-7-4-10(9-3-2-8(16)5-11(9)20-7)13(23)22-14-21-12(6-24-14)15(17,18)19/h2-6H,1H3,(H,21,22,23). The summed E-state index contributed by atoms with van der Waals surface area (Å²) in [4.78, 5) is 19.9. The number of hydrogen-bond donors (Lipinski definition) is 1. The third kappa shape index (κ3) is 3.21. The van der Waals surface area contributed by atoms with Crippen LogP contribution in [0.1, 0.15) is 21.7 Å². The van der Waals surface area contributed by atoms with Crippen LogP contribution in [0.3, 0.4) is 0 Å². The van der Waals surface area contributed by atoms with Crippen molar-refractivity contribution < 1.29 is 22.4 Å². The quantitative estimate of drug-likeness (QED) is 0.693. The second kappa shape index (κ2) is 5.82. The summed E-state index contributed by atoms with van der Waals surface area (Å²) in [5.74, 6) is -1.14. The normalized spacial score (nSPS) is 11.7. The summed E-state index contributed by atoms with van der Waals surface area (Å²) in [5.41, 5.74) is -0.120. The molecule has 0 atom stereocenters. The number of anilines is 1. The highest BCUT2D eigenvalue weighted by Crippen LogP contribution is 2.32. The van der Waals surface area contributed by atoms with Gasteiger partial charge in [0.05, 0.1) is 11.1 Å². The lowest BCUT2D eigenvalue weighted by Crippen LogP contribution is -2.14. The SMILES string of the molecule is Cc1cc(C(=O)Nc2nc(C(F)(F)F)cs2)c2ccc(F)cc2n1. The minimum Gasteiger partial charge on any atom is -0.298 e. The zero-order valence-electron chi connectivity index (χ0n) is 12.1. The van der Waals surface area contributed by atoms with E-state index in [0.717, 1.165) is 5.38 Å². The van der Waals surface area contributed by atoms with Crippen LogP contribution < -0.4 is 5.32 Å². The van der Waals surface area contributed by atoms with Crippen molar-refractivity contribution in [3.63, 3.8) is 0 Å². The number of thiazole rings is 1. The van der Waals surface area contributed by atoms with E-state index in [4.69, 9.17) is 0 Å². The molecule has 0 saturated heterocycles. The van der Waals surface area contributed by atoms with Gasteiger partial charge in [-0.2, -0.15) is 13.2 Å². The van der Waals surface area contributed by atoms with Crippen molar-refractivity contribution in [3.8, 4) is 0 Å². The van der Waals surface area contributed by atoms with Crippen molar-refractivity contribution in [2.45, 2.75) is 13.1 Å². The number of halogens is 4. The van der Waals surface area contributed by atoms with Crippen molar-refractivity contribution in [1.29, 1.82) is 0 Å². The van der Waals surface area contributed by atoms with E-state index in [1.165, 1.54) is 24.3 Å². The number of carbonyl (C=O) groups excluding carboxylic acids is 1. The fourth-order valence-electron chi connectivity index (χ4n) is 2.15. The molecule has 0 unspecified atom stereocenters. The summed E-state index contributed by atoms with van der Waals surface area (Å²) in [6.45, 7) is 1.63. The third-order valence-electron chi connectivity index (χ3n) is 3.16. The lowest BCUT2D eigenvalue weighted by molar-refractivity contribution is -0.140. The van der Waals surface area contributed by atoms with Crippen LogP contribution in [0.2, 0.25) is 0 Å². The summed E-state index contributed by atoms with van der Waals surface area (Å²) in [5, 5.41) is 3.38. The molecular weight excluding hydrogens is 346 g/mol. The summed E-state index contributed by atoms with van der Waals surface area (Å²) in [6.07, 6.45) is -4.57. The molecule has 1 N–H and O–H groups in total. The number of carbonyl (C=O) groups is 1. The Balaban J connectivity index is 1.96. The monoisotopic (exact) mass is 355 g/mol. The molecule has 0 aliphatic rings. The number of benzene rings is 1. The fourth-order valence-corrected chi connectivity index (χ4v) is 2.86. The minimum atomic E-state index is -4.57. The van der Waals surface area contributed by atoms with E-state index in [2.05, 4.69) is 15.3 Å². The van der Waals surface area contributed by atoms with Gasteiger partial charge in [-0.1, -0.05) is 0 Å². The molecule has 0 aliphatic carbocycles. The third-order valence-corrected chi connectivity index (χ3v) is 3.92. The van der Waals surface area contributed by atoms with Crippen molar-refractivity contribution in [2.75, 3.05) is 5.32 Å². The number of alkyl halides is 3. The molecule has 0 bridgehead atoms. The lowest BCUT2D eigenvalue weighted by Gasteiger charge is -2.07. The second-order valence-electron chi connectivity index (χ2n) is 4.96. The van der Waals surface area contributed by atoms with Gasteiger partial charge in [0.1, 0.15) is 5.82 Å². The Hall–Kier alpha value is -2.55. The topological polar surface area (TPSA) is 54.9 Å². The van der Waals surface area contributed by atoms with Gasteiger partial charge in [0.2, 0.25) is 0 Å².